The molecule has 228 valence electrons. The van der Waals surface area contributed by atoms with Crippen molar-refractivity contribution in [3.8, 4) is 22.9 Å². The first-order chi connectivity index (χ1) is 20.4. The van der Waals surface area contributed by atoms with Gasteiger partial charge < -0.3 is 20.1 Å². The van der Waals surface area contributed by atoms with E-state index in [1.54, 1.807) is 37.4 Å². The highest BCUT2D eigenvalue weighted by atomic mass is 19.4. The Morgan fingerprint density at radius 1 is 0.977 bits per heavy atom. The van der Waals surface area contributed by atoms with Gasteiger partial charge in [-0.25, -0.2) is 9.18 Å². The second kappa shape index (κ2) is 15.1. The molecule has 0 unspecified atom stereocenters. The number of carbonyl (C=O) groups is 2. The Bertz CT molecular complexity index is 1460. The number of hydrogen-bond donors (Lipinski definition) is 2. The molecule has 8 nitrogen and oxygen atoms in total. The molecule has 2 N–H and O–H groups in total. The molecule has 0 atom stereocenters. The van der Waals surface area contributed by atoms with Crippen LogP contribution in [0.2, 0.25) is 0 Å². The molecule has 1 heterocycles. The smallest absolute Gasteiger partial charge is 0.490 e. The zero-order chi connectivity index (χ0) is 31.6. The maximum absolute atomic E-state index is 15.0. The molecule has 0 aromatic heterocycles. The summed E-state index contributed by atoms with van der Waals surface area (Å²) in [4.78, 5) is 26.1. The monoisotopic (exact) mass is 600 g/mol. The molecule has 3 aromatic rings. The van der Waals surface area contributed by atoms with Crippen LogP contribution >= 0.6 is 0 Å². The molecule has 3 aromatic carbocycles. The van der Waals surface area contributed by atoms with Crippen LogP contribution in [0, 0.1) is 17.1 Å². The Hall–Kier alpha value is -4.47. The van der Waals surface area contributed by atoms with E-state index < -0.39 is 12.1 Å². The summed E-state index contributed by atoms with van der Waals surface area (Å²) in [6.07, 6.45) is -3.95. The number of nitriles is 1. The highest BCUT2D eigenvalue weighted by Crippen LogP contribution is 2.29. The molecular formula is C31H32F4N4O4. The lowest BCUT2D eigenvalue weighted by molar-refractivity contribution is -0.192. The standard InChI is InChI=1S/C29H31FN4O2.C2HF3O2/c1-33-12-3-13-34(15-14-33)20-26-16-23(10-11-28(26)36-2)24-8-9-25(27(30)17-24)19-32-29(35)22-6-4-21(18-31)5-7-22;3-2(4,5)1(6)7/h4-11,16-17H,3,12-15,19-20H2,1-2H3,(H,32,35);(H,6,7). The van der Waals surface area contributed by atoms with Crippen LogP contribution in [0.5, 0.6) is 5.75 Å². The Morgan fingerprint density at radius 3 is 2.23 bits per heavy atom. The first kappa shape index (κ1) is 33.0. The zero-order valence-corrected chi connectivity index (χ0v) is 23.7. The van der Waals surface area contributed by atoms with E-state index in [4.69, 9.17) is 19.9 Å². The zero-order valence-electron chi connectivity index (χ0n) is 23.7. The molecule has 0 aliphatic carbocycles. The minimum atomic E-state index is -5.08. The van der Waals surface area contributed by atoms with Crippen molar-refractivity contribution in [1.82, 2.24) is 15.1 Å². The van der Waals surface area contributed by atoms with Crippen LogP contribution in [-0.2, 0) is 17.9 Å². The van der Waals surface area contributed by atoms with E-state index in [0.29, 0.717) is 16.7 Å². The van der Waals surface area contributed by atoms with E-state index in [1.807, 2.05) is 24.3 Å². The molecule has 12 heteroatoms. The van der Waals surface area contributed by atoms with E-state index in [0.717, 1.165) is 61.6 Å². The number of likely N-dealkylation sites (N-methyl/N-ethyl adjacent to an activating group) is 1. The van der Waals surface area contributed by atoms with Crippen molar-refractivity contribution in [2.24, 2.45) is 0 Å². The van der Waals surface area contributed by atoms with Crippen LogP contribution in [0.3, 0.4) is 0 Å². The maximum Gasteiger partial charge on any atom is 0.490 e. The van der Waals surface area contributed by atoms with Crippen LogP contribution in [-0.4, -0.2) is 73.3 Å². The average Bonchev–Trinajstić information content (AvgIpc) is 3.19. The van der Waals surface area contributed by atoms with Gasteiger partial charge in [-0.3, -0.25) is 9.69 Å². The van der Waals surface area contributed by atoms with Crippen molar-refractivity contribution in [2.75, 3.05) is 40.3 Å². The van der Waals surface area contributed by atoms with Crippen molar-refractivity contribution < 1.29 is 37.0 Å². The summed E-state index contributed by atoms with van der Waals surface area (Å²) in [5, 5.41) is 18.8. The molecule has 4 rings (SSSR count). The minimum absolute atomic E-state index is 0.0716. The average molecular weight is 601 g/mol. The molecule has 43 heavy (non-hydrogen) atoms. The summed E-state index contributed by atoms with van der Waals surface area (Å²) < 4.78 is 52.3. The minimum Gasteiger partial charge on any atom is -0.496 e. The molecule has 1 saturated heterocycles. The van der Waals surface area contributed by atoms with Gasteiger partial charge in [-0.05, 0) is 80.1 Å². The number of amides is 1. The van der Waals surface area contributed by atoms with Gasteiger partial charge in [0.15, 0.2) is 0 Å². The summed E-state index contributed by atoms with van der Waals surface area (Å²) >= 11 is 0. The van der Waals surface area contributed by atoms with E-state index in [-0.39, 0.29) is 18.3 Å². The molecule has 1 aliphatic rings. The van der Waals surface area contributed by atoms with Gasteiger partial charge in [-0.15, -0.1) is 0 Å². The van der Waals surface area contributed by atoms with Gasteiger partial charge in [0, 0.05) is 42.9 Å². The molecule has 0 radical (unpaired) electrons. The van der Waals surface area contributed by atoms with E-state index in [2.05, 4.69) is 28.2 Å². The van der Waals surface area contributed by atoms with Gasteiger partial charge in [0.1, 0.15) is 11.6 Å². The fraction of sp³-hybridized carbons (Fsp3) is 0.323. The fourth-order valence-electron chi connectivity index (χ4n) is 4.42. The number of methoxy groups -OCH3 is 1. The highest BCUT2D eigenvalue weighted by Gasteiger charge is 2.38. The van der Waals surface area contributed by atoms with Crippen LogP contribution in [0.25, 0.3) is 11.1 Å². The number of aliphatic carboxylic acids is 1. The Morgan fingerprint density at radius 2 is 1.63 bits per heavy atom. The van der Waals surface area contributed by atoms with Gasteiger partial charge in [-0.2, -0.15) is 18.4 Å². The van der Waals surface area contributed by atoms with Gasteiger partial charge in [0.25, 0.3) is 5.91 Å². The number of hydrogen-bond acceptors (Lipinski definition) is 6. The third-order valence-electron chi connectivity index (χ3n) is 6.83. The number of halogens is 4. The summed E-state index contributed by atoms with van der Waals surface area (Å²) in [6, 6.07) is 19.4. The molecule has 0 bridgehead atoms. The Kier molecular flexibility index (Phi) is 11.6. The highest BCUT2D eigenvalue weighted by molar-refractivity contribution is 5.94. The number of benzene rings is 3. The summed E-state index contributed by atoms with van der Waals surface area (Å²) in [5.74, 6) is -2.62. The molecular weight excluding hydrogens is 568 g/mol. The predicted molar refractivity (Wildman–Crippen MR) is 152 cm³/mol. The topological polar surface area (TPSA) is 106 Å². The van der Waals surface area contributed by atoms with Gasteiger partial charge >= 0.3 is 12.1 Å². The van der Waals surface area contributed by atoms with Crippen molar-refractivity contribution in [2.45, 2.75) is 25.7 Å². The number of rotatable bonds is 7. The van der Waals surface area contributed by atoms with Crippen molar-refractivity contribution in [3.05, 3.63) is 88.7 Å². The van der Waals surface area contributed by atoms with Crippen LogP contribution in [0.15, 0.2) is 60.7 Å². The lowest BCUT2D eigenvalue weighted by atomic mass is 10.00. The largest absolute Gasteiger partial charge is 0.496 e. The normalized spacial score (nSPS) is 14.1. The number of carbonyl (C=O) groups excluding carboxylic acids is 1. The van der Waals surface area contributed by atoms with Crippen molar-refractivity contribution in [1.29, 1.82) is 5.26 Å². The summed E-state index contributed by atoms with van der Waals surface area (Å²) in [7, 11) is 3.83. The lowest BCUT2D eigenvalue weighted by Crippen LogP contribution is -2.28. The molecule has 0 saturated carbocycles. The fourth-order valence-corrected chi connectivity index (χ4v) is 4.42. The van der Waals surface area contributed by atoms with Crippen molar-refractivity contribution >= 4 is 11.9 Å². The summed E-state index contributed by atoms with van der Waals surface area (Å²) in [5.41, 5.74) is 4.09. The van der Waals surface area contributed by atoms with Crippen molar-refractivity contribution in [3.63, 3.8) is 0 Å². The third kappa shape index (κ3) is 9.80. The van der Waals surface area contributed by atoms with Gasteiger partial charge in [-0.1, -0.05) is 18.2 Å². The predicted octanol–water partition coefficient (Wildman–Crippen LogP) is 5.07. The number of nitrogens with zero attached hydrogens (tertiary/aromatic N) is 3. The van der Waals surface area contributed by atoms with Crippen LogP contribution in [0.4, 0.5) is 17.6 Å². The maximum atomic E-state index is 15.0. The second-order valence-corrected chi connectivity index (χ2v) is 9.94. The Balaban J connectivity index is 0.000000646. The SMILES string of the molecule is COc1ccc(-c2ccc(CNC(=O)c3ccc(C#N)cc3)c(F)c2)cc1CN1CCCN(C)CC1.O=C(O)C(F)(F)F. The number of carboxylic acid groups (broad SMARTS) is 1. The van der Waals surface area contributed by atoms with Gasteiger partial charge in [0.05, 0.1) is 18.7 Å². The lowest BCUT2D eigenvalue weighted by Gasteiger charge is -2.22. The number of carboxylic acids is 1. The number of nitrogens with one attached hydrogen (secondary N) is 1. The van der Waals surface area contributed by atoms with Crippen LogP contribution < -0.4 is 10.1 Å². The third-order valence-corrected chi connectivity index (χ3v) is 6.83. The van der Waals surface area contributed by atoms with E-state index in [1.165, 1.54) is 6.07 Å². The Labute approximate surface area is 247 Å². The van der Waals surface area contributed by atoms with E-state index >= 15 is 0 Å². The van der Waals surface area contributed by atoms with E-state index in [9.17, 15) is 22.4 Å². The number of alkyl halides is 3. The quantitative estimate of drug-likeness (QED) is 0.365. The number of ether oxygens (including phenoxy) is 1. The van der Waals surface area contributed by atoms with Crippen LogP contribution in [0.1, 0.15) is 33.5 Å². The second-order valence-electron chi connectivity index (χ2n) is 9.94. The van der Waals surface area contributed by atoms with Gasteiger partial charge in [0.2, 0.25) is 0 Å². The molecule has 1 aliphatic heterocycles. The first-order valence-corrected chi connectivity index (χ1v) is 13.4. The summed E-state index contributed by atoms with van der Waals surface area (Å²) in [6.45, 7) is 5.04. The molecule has 0 spiro atoms. The molecule has 1 amide bonds. The molecule has 1 fully saturated rings. The first-order valence-electron chi connectivity index (χ1n) is 13.4.